The maximum Gasteiger partial charge on any atom is 0.154 e. The average molecular weight is 222 g/mol. The molecule has 2 aliphatic rings. The van der Waals surface area contributed by atoms with Crippen molar-refractivity contribution < 1.29 is 0 Å². The largest absolute Gasteiger partial charge is 0.237 e. The summed E-state index contributed by atoms with van der Waals surface area (Å²) in [5, 5.41) is 13.3. The van der Waals surface area contributed by atoms with Crippen molar-refractivity contribution in [1.82, 2.24) is 14.8 Å². The van der Waals surface area contributed by atoms with Gasteiger partial charge in [0.25, 0.3) is 0 Å². The number of aromatic nitrogens is 3. The van der Waals surface area contributed by atoms with Gasteiger partial charge in [-0.15, -0.1) is 0 Å². The zero-order valence-corrected chi connectivity index (χ0v) is 9.17. The van der Waals surface area contributed by atoms with Crippen molar-refractivity contribution in [3.63, 3.8) is 0 Å². The van der Waals surface area contributed by atoms with Crippen LogP contribution < -0.4 is 0 Å². The first kappa shape index (κ1) is 8.94. The molecule has 2 aromatic heterocycles. The van der Waals surface area contributed by atoms with Crippen LogP contribution >= 0.6 is 0 Å². The fourth-order valence-electron chi connectivity index (χ4n) is 2.82. The minimum Gasteiger partial charge on any atom is -0.237 e. The van der Waals surface area contributed by atoms with Gasteiger partial charge in [-0.1, -0.05) is 0 Å². The minimum absolute atomic E-state index is 0.629. The normalized spacial score (nSPS) is 23.9. The van der Waals surface area contributed by atoms with Crippen LogP contribution in [0.5, 0.6) is 0 Å². The van der Waals surface area contributed by atoms with Crippen LogP contribution in [-0.2, 0) is 6.42 Å². The van der Waals surface area contributed by atoms with Crippen LogP contribution in [0.2, 0.25) is 0 Å². The maximum atomic E-state index is 8.91. The van der Waals surface area contributed by atoms with Crippen LogP contribution in [0.25, 0.3) is 5.82 Å². The molecule has 0 N–H and O–H groups in total. The van der Waals surface area contributed by atoms with Crippen molar-refractivity contribution in [2.75, 3.05) is 0 Å². The fourth-order valence-corrected chi connectivity index (χ4v) is 2.82. The van der Waals surface area contributed by atoms with E-state index in [1.54, 1.807) is 18.3 Å². The minimum atomic E-state index is 0.629. The van der Waals surface area contributed by atoms with E-state index in [0.29, 0.717) is 11.5 Å². The SMILES string of the molecule is N#Cc1ccnc(-n2ncc3c2[C@@H]2C[C@@H]2C3)c1. The third kappa shape index (κ3) is 1.17. The Kier molecular flexibility index (Phi) is 1.55. The molecule has 1 fully saturated rings. The fraction of sp³-hybridized carbons (Fsp3) is 0.308. The van der Waals surface area contributed by atoms with E-state index in [0.717, 1.165) is 18.2 Å². The van der Waals surface area contributed by atoms with E-state index in [9.17, 15) is 0 Å². The highest BCUT2D eigenvalue weighted by Gasteiger charge is 2.48. The number of pyridine rings is 1. The van der Waals surface area contributed by atoms with Gasteiger partial charge in [-0.3, -0.25) is 0 Å². The molecule has 2 heterocycles. The summed E-state index contributed by atoms with van der Waals surface area (Å²) in [5.74, 6) is 2.28. The van der Waals surface area contributed by atoms with Crippen molar-refractivity contribution in [1.29, 1.82) is 5.26 Å². The second-order valence-corrected chi connectivity index (χ2v) is 4.79. The van der Waals surface area contributed by atoms with Crippen LogP contribution in [0.1, 0.15) is 29.2 Å². The molecule has 4 rings (SSSR count). The highest BCUT2D eigenvalue weighted by atomic mass is 15.3. The molecule has 4 nitrogen and oxygen atoms in total. The lowest BCUT2D eigenvalue weighted by molar-refractivity contribution is 0.770. The number of rotatable bonds is 1. The molecule has 0 bridgehead atoms. The Morgan fingerprint density at radius 1 is 1.47 bits per heavy atom. The first-order valence-corrected chi connectivity index (χ1v) is 5.80. The molecule has 17 heavy (non-hydrogen) atoms. The van der Waals surface area contributed by atoms with E-state index in [4.69, 9.17) is 5.26 Å². The predicted octanol–water partition coefficient (Wildman–Crippen LogP) is 1.80. The van der Waals surface area contributed by atoms with Crippen molar-refractivity contribution >= 4 is 0 Å². The summed E-state index contributed by atoms with van der Waals surface area (Å²) in [4.78, 5) is 4.31. The first-order valence-electron chi connectivity index (χ1n) is 5.80. The van der Waals surface area contributed by atoms with Crippen molar-refractivity contribution in [3.05, 3.63) is 41.3 Å². The summed E-state index contributed by atoms with van der Waals surface area (Å²) < 4.78 is 1.91. The number of hydrogen-bond donors (Lipinski definition) is 0. The molecule has 0 aliphatic heterocycles. The van der Waals surface area contributed by atoms with Gasteiger partial charge in [0, 0.05) is 18.2 Å². The van der Waals surface area contributed by atoms with E-state index >= 15 is 0 Å². The molecule has 0 saturated heterocycles. The maximum absolute atomic E-state index is 8.91. The molecule has 1 saturated carbocycles. The lowest BCUT2D eigenvalue weighted by Gasteiger charge is -2.05. The number of nitrogens with zero attached hydrogens (tertiary/aromatic N) is 4. The smallest absolute Gasteiger partial charge is 0.154 e. The average Bonchev–Trinajstić information content (AvgIpc) is 2.85. The van der Waals surface area contributed by atoms with Gasteiger partial charge in [0.15, 0.2) is 5.82 Å². The number of hydrogen-bond acceptors (Lipinski definition) is 3. The Morgan fingerprint density at radius 2 is 2.41 bits per heavy atom. The highest BCUT2D eigenvalue weighted by Crippen LogP contribution is 2.56. The lowest BCUT2D eigenvalue weighted by Crippen LogP contribution is -2.03. The summed E-state index contributed by atoms with van der Waals surface area (Å²) in [7, 11) is 0. The monoisotopic (exact) mass is 222 g/mol. The van der Waals surface area contributed by atoms with E-state index in [1.807, 2.05) is 10.9 Å². The molecular formula is C13H10N4. The summed E-state index contributed by atoms with van der Waals surface area (Å²) >= 11 is 0. The van der Waals surface area contributed by atoms with E-state index in [2.05, 4.69) is 16.2 Å². The molecule has 2 aromatic rings. The second kappa shape index (κ2) is 2.95. The van der Waals surface area contributed by atoms with Gasteiger partial charge in [-0.05, 0) is 30.4 Å². The standard InChI is InChI=1S/C13H10N4/c14-6-8-1-2-15-12(3-8)17-13-10(7-16-17)4-9-5-11(9)13/h1-3,7,9,11H,4-5H2/t9-,11+/m0/s1. The molecule has 0 aromatic carbocycles. The summed E-state index contributed by atoms with van der Waals surface area (Å²) in [6.45, 7) is 0. The van der Waals surface area contributed by atoms with E-state index in [-0.39, 0.29) is 0 Å². The van der Waals surface area contributed by atoms with Crippen LogP contribution in [0, 0.1) is 17.2 Å². The summed E-state index contributed by atoms with van der Waals surface area (Å²) in [6.07, 6.45) is 6.07. The Bertz CT molecular complexity index is 650. The zero-order valence-electron chi connectivity index (χ0n) is 9.17. The van der Waals surface area contributed by atoms with Crippen molar-refractivity contribution in [3.8, 4) is 11.9 Å². The highest BCUT2D eigenvalue weighted by molar-refractivity contribution is 5.42. The van der Waals surface area contributed by atoms with Crippen LogP contribution in [-0.4, -0.2) is 14.8 Å². The Hall–Kier alpha value is -2.15. The van der Waals surface area contributed by atoms with Gasteiger partial charge in [-0.2, -0.15) is 10.4 Å². The zero-order chi connectivity index (χ0) is 11.4. The molecule has 4 heteroatoms. The molecular weight excluding hydrogens is 212 g/mol. The van der Waals surface area contributed by atoms with Gasteiger partial charge < -0.3 is 0 Å². The topological polar surface area (TPSA) is 54.5 Å². The molecule has 0 spiro atoms. The summed E-state index contributed by atoms with van der Waals surface area (Å²) in [5.41, 5.74) is 3.30. The molecule has 0 amide bonds. The van der Waals surface area contributed by atoms with Gasteiger partial charge >= 0.3 is 0 Å². The first-order chi connectivity index (χ1) is 8.36. The summed E-state index contributed by atoms with van der Waals surface area (Å²) in [6, 6.07) is 5.65. The Morgan fingerprint density at radius 3 is 3.29 bits per heavy atom. The lowest BCUT2D eigenvalue weighted by atomic mass is 10.2. The molecule has 0 unspecified atom stereocenters. The number of fused-ring (bicyclic) bond motifs is 3. The van der Waals surface area contributed by atoms with Crippen molar-refractivity contribution in [2.45, 2.75) is 18.8 Å². The Balaban J connectivity index is 1.87. The van der Waals surface area contributed by atoms with Gasteiger partial charge in [-0.25, -0.2) is 9.67 Å². The molecule has 2 atom stereocenters. The molecule has 2 aliphatic carbocycles. The van der Waals surface area contributed by atoms with Gasteiger partial charge in [0.05, 0.1) is 23.5 Å². The van der Waals surface area contributed by atoms with Crippen LogP contribution in [0.3, 0.4) is 0 Å². The molecule has 0 radical (unpaired) electrons. The van der Waals surface area contributed by atoms with Gasteiger partial charge in [0.2, 0.25) is 0 Å². The van der Waals surface area contributed by atoms with E-state index in [1.165, 1.54) is 17.7 Å². The second-order valence-electron chi connectivity index (χ2n) is 4.79. The Labute approximate surface area is 98.5 Å². The third-order valence-corrected chi connectivity index (χ3v) is 3.73. The van der Waals surface area contributed by atoms with Gasteiger partial charge in [0.1, 0.15) is 0 Å². The van der Waals surface area contributed by atoms with E-state index < -0.39 is 0 Å². The predicted molar refractivity (Wildman–Crippen MR) is 60.6 cm³/mol. The quantitative estimate of drug-likeness (QED) is 0.739. The van der Waals surface area contributed by atoms with Crippen LogP contribution in [0.4, 0.5) is 0 Å². The third-order valence-electron chi connectivity index (χ3n) is 3.73. The number of nitriles is 1. The van der Waals surface area contributed by atoms with Crippen LogP contribution in [0.15, 0.2) is 24.5 Å². The van der Waals surface area contributed by atoms with Crippen molar-refractivity contribution in [2.24, 2.45) is 5.92 Å². The molecule has 82 valence electrons.